The Morgan fingerprint density at radius 3 is 3.04 bits per heavy atom. The van der Waals surface area contributed by atoms with Crippen LogP contribution < -0.4 is 10.1 Å². The van der Waals surface area contributed by atoms with Crippen LogP contribution >= 0.6 is 12.2 Å². The SMILES string of the molecule is CCCc1n[nH]c(=S)n1CC(=O)N[C@@H](C)c1cc2cccc(OC)c2o1. The molecule has 0 saturated heterocycles. The molecule has 138 valence electrons. The third-order valence-electron chi connectivity index (χ3n) is 4.16. The molecule has 26 heavy (non-hydrogen) atoms. The Bertz CT molecular complexity index is 972. The van der Waals surface area contributed by atoms with Crippen LogP contribution in [-0.2, 0) is 17.8 Å². The van der Waals surface area contributed by atoms with Gasteiger partial charge in [0.15, 0.2) is 16.1 Å². The van der Waals surface area contributed by atoms with Crippen LogP contribution in [0.4, 0.5) is 0 Å². The van der Waals surface area contributed by atoms with Gasteiger partial charge in [-0.1, -0.05) is 19.1 Å². The van der Waals surface area contributed by atoms with Crippen molar-refractivity contribution in [3.05, 3.63) is 40.6 Å². The summed E-state index contributed by atoms with van der Waals surface area (Å²) >= 11 is 5.22. The lowest BCUT2D eigenvalue weighted by molar-refractivity contribution is -0.122. The van der Waals surface area contributed by atoms with E-state index in [-0.39, 0.29) is 18.5 Å². The summed E-state index contributed by atoms with van der Waals surface area (Å²) in [5.41, 5.74) is 0.674. The van der Waals surface area contributed by atoms with E-state index in [2.05, 4.69) is 22.4 Å². The predicted molar refractivity (Wildman–Crippen MR) is 101 cm³/mol. The van der Waals surface area contributed by atoms with Gasteiger partial charge in [0.1, 0.15) is 18.1 Å². The molecule has 2 N–H and O–H groups in total. The third-order valence-corrected chi connectivity index (χ3v) is 4.48. The van der Waals surface area contributed by atoms with Crippen LogP contribution in [0, 0.1) is 4.77 Å². The molecular formula is C18H22N4O3S. The van der Waals surface area contributed by atoms with Crippen LogP contribution in [0.25, 0.3) is 11.0 Å². The molecule has 0 aliphatic heterocycles. The maximum atomic E-state index is 12.5. The number of fused-ring (bicyclic) bond motifs is 1. The lowest BCUT2D eigenvalue weighted by atomic mass is 10.2. The Balaban J connectivity index is 1.74. The number of amides is 1. The summed E-state index contributed by atoms with van der Waals surface area (Å²) in [5, 5.41) is 10.8. The number of aromatic nitrogens is 3. The third kappa shape index (κ3) is 3.65. The average molecular weight is 374 g/mol. The van der Waals surface area contributed by atoms with Crippen molar-refractivity contribution in [3.63, 3.8) is 0 Å². The predicted octanol–water partition coefficient (Wildman–Crippen LogP) is 3.53. The highest BCUT2D eigenvalue weighted by atomic mass is 32.1. The second-order valence-electron chi connectivity index (χ2n) is 6.10. The van der Waals surface area contributed by atoms with Gasteiger partial charge in [0.2, 0.25) is 5.91 Å². The summed E-state index contributed by atoms with van der Waals surface area (Å²) < 4.78 is 13.4. The highest BCUT2D eigenvalue weighted by Crippen LogP contribution is 2.30. The largest absolute Gasteiger partial charge is 0.493 e. The van der Waals surface area contributed by atoms with Crippen molar-refractivity contribution in [1.82, 2.24) is 20.1 Å². The van der Waals surface area contributed by atoms with Gasteiger partial charge < -0.3 is 14.5 Å². The van der Waals surface area contributed by atoms with Gasteiger partial charge in [-0.2, -0.15) is 5.10 Å². The molecule has 0 radical (unpaired) electrons. The highest BCUT2D eigenvalue weighted by Gasteiger charge is 2.17. The topological polar surface area (TPSA) is 85.1 Å². The number of ether oxygens (including phenoxy) is 1. The van der Waals surface area contributed by atoms with Gasteiger partial charge >= 0.3 is 0 Å². The van der Waals surface area contributed by atoms with Gasteiger partial charge in [-0.3, -0.25) is 14.5 Å². The molecule has 0 unspecified atom stereocenters. The normalized spacial score (nSPS) is 12.3. The Hall–Kier alpha value is -2.61. The second kappa shape index (κ2) is 7.74. The number of methoxy groups -OCH3 is 1. The number of para-hydroxylation sites is 1. The fourth-order valence-corrected chi connectivity index (χ4v) is 3.08. The quantitative estimate of drug-likeness (QED) is 0.618. The van der Waals surface area contributed by atoms with Crippen molar-refractivity contribution in [2.75, 3.05) is 7.11 Å². The van der Waals surface area contributed by atoms with Gasteiger partial charge in [-0.05, 0) is 37.7 Å². The minimum absolute atomic E-state index is 0.124. The average Bonchev–Trinajstić information content (AvgIpc) is 3.20. The molecule has 1 atom stereocenters. The summed E-state index contributed by atoms with van der Waals surface area (Å²) in [4.78, 5) is 12.5. The molecule has 2 aromatic heterocycles. The Morgan fingerprint density at radius 1 is 1.50 bits per heavy atom. The molecule has 7 nitrogen and oxygen atoms in total. The second-order valence-corrected chi connectivity index (χ2v) is 6.48. The van der Waals surface area contributed by atoms with Crippen molar-refractivity contribution in [2.45, 2.75) is 39.3 Å². The number of H-pyrrole nitrogens is 1. The molecule has 8 heteroatoms. The van der Waals surface area contributed by atoms with Crippen molar-refractivity contribution in [2.24, 2.45) is 0 Å². The molecule has 3 rings (SSSR count). The van der Waals surface area contributed by atoms with Crippen LogP contribution in [0.2, 0.25) is 0 Å². The summed E-state index contributed by atoms with van der Waals surface area (Å²) in [6.45, 7) is 4.06. The van der Waals surface area contributed by atoms with E-state index in [1.54, 1.807) is 11.7 Å². The number of nitrogens with zero attached hydrogens (tertiary/aromatic N) is 2. The van der Waals surface area contributed by atoms with Crippen molar-refractivity contribution in [1.29, 1.82) is 0 Å². The molecule has 0 aliphatic rings. The Morgan fingerprint density at radius 2 is 2.31 bits per heavy atom. The minimum atomic E-state index is -0.282. The van der Waals surface area contributed by atoms with Crippen LogP contribution in [0.5, 0.6) is 5.75 Å². The first kappa shape index (κ1) is 18.2. The number of carbonyl (C=O) groups is 1. The van der Waals surface area contributed by atoms with Crippen LogP contribution in [-0.4, -0.2) is 27.8 Å². The van der Waals surface area contributed by atoms with Crippen LogP contribution in [0.15, 0.2) is 28.7 Å². The lowest BCUT2D eigenvalue weighted by Gasteiger charge is -2.12. The molecule has 2 heterocycles. The summed E-state index contributed by atoms with van der Waals surface area (Å²) in [5.74, 6) is 1.97. The number of hydrogen-bond donors (Lipinski definition) is 2. The van der Waals surface area contributed by atoms with Gasteiger partial charge in [-0.25, -0.2) is 0 Å². The molecule has 0 saturated carbocycles. The summed E-state index contributed by atoms with van der Waals surface area (Å²) in [6.07, 6.45) is 1.69. The zero-order chi connectivity index (χ0) is 18.7. The first-order valence-electron chi connectivity index (χ1n) is 8.53. The maximum absolute atomic E-state index is 12.5. The summed E-state index contributed by atoms with van der Waals surface area (Å²) in [6, 6.07) is 7.32. The molecule has 1 aromatic carbocycles. The van der Waals surface area contributed by atoms with E-state index in [1.165, 1.54) is 0 Å². The van der Waals surface area contributed by atoms with E-state index in [9.17, 15) is 4.79 Å². The number of aromatic amines is 1. The zero-order valence-corrected chi connectivity index (χ0v) is 15.9. The number of nitrogens with one attached hydrogen (secondary N) is 2. The fraction of sp³-hybridized carbons (Fsp3) is 0.389. The van der Waals surface area contributed by atoms with E-state index in [1.807, 2.05) is 31.2 Å². The molecule has 0 fully saturated rings. The molecule has 0 spiro atoms. The first-order valence-corrected chi connectivity index (χ1v) is 8.94. The van der Waals surface area contributed by atoms with Crippen molar-refractivity contribution < 1.29 is 13.9 Å². The van der Waals surface area contributed by atoms with E-state index < -0.39 is 0 Å². The Labute approximate surface area is 156 Å². The Kier molecular flexibility index (Phi) is 5.41. The molecule has 1 amide bonds. The number of rotatable bonds is 7. The lowest BCUT2D eigenvalue weighted by Crippen LogP contribution is -2.30. The van der Waals surface area contributed by atoms with E-state index in [0.29, 0.717) is 21.9 Å². The van der Waals surface area contributed by atoms with Crippen LogP contribution in [0.1, 0.15) is 37.9 Å². The van der Waals surface area contributed by atoms with E-state index in [4.69, 9.17) is 21.4 Å². The number of benzene rings is 1. The standard InChI is InChI=1S/C18H22N4O3S/c1-4-6-15-20-21-18(26)22(15)10-16(23)19-11(2)14-9-12-7-5-8-13(24-3)17(12)25-14/h5,7-9,11H,4,6,10H2,1-3H3,(H,19,23)(H,21,26)/t11-/m0/s1. The summed E-state index contributed by atoms with van der Waals surface area (Å²) in [7, 11) is 1.60. The number of aryl methyl sites for hydroxylation is 1. The maximum Gasteiger partial charge on any atom is 0.240 e. The number of carbonyl (C=O) groups excluding carboxylic acids is 1. The van der Waals surface area contributed by atoms with Gasteiger partial charge in [-0.15, -0.1) is 0 Å². The fourth-order valence-electron chi connectivity index (χ4n) is 2.86. The number of furan rings is 1. The molecule has 0 bridgehead atoms. The monoisotopic (exact) mass is 374 g/mol. The van der Waals surface area contributed by atoms with Crippen LogP contribution in [0.3, 0.4) is 0 Å². The van der Waals surface area contributed by atoms with Crippen molar-refractivity contribution >= 4 is 29.1 Å². The zero-order valence-electron chi connectivity index (χ0n) is 15.0. The van der Waals surface area contributed by atoms with Crippen molar-refractivity contribution in [3.8, 4) is 5.75 Å². The highest BCUT2D eigenvalue weighted by molar-refractivity contribution is 7.71. The number of hydrogen-bond acceptors (Lipinski definition) is 5. The van der Waals surface area contributed by atoms with Gasteiger partial charge in [0, 0.05) is 11.8 Å². The van der Waals surface area contributed by atoms with Gasteiger partial charge in [0.05, 0.1) is 13.2 Å². The van der Waals surface area contributed by atoms with E-state index >= 15 is 0 Å². The molecular weight excluding hydrogens is 352 g/mol. The minimum Gasteiger partial charge on any atom is -0.493 e. The van der Waals surface area contributed by atoms with E-state index in [0.717, 1.165) is 24.1 Å². The first-order chi connectivity index (χ1) is 12.5. The smallest absolute Gasteiger partial charge is 0.240 e. The molecule has 0 aliphatic carbocycles. The van der Waals surface area contributed by atoms with Gasteiger partial charge in [0.25, 0.3) is 0 Å². The molecule has 3 aromatic rings.